The van der Waals surface area contributed by atoms with Crippen LogP contribution in [0.25, 0.3) is 0 Å². The lowest BCUT2D eigenvalue weighted by Crippen LogP contribution is -2.42. The van der Waals surface area contributed by atoms with Crippen molar-refractivity contribution < 1.29 is 19.5 Å². The highest BCUT2D eigenvalue weighted by Crippen LogP contribution is 2.11. The van der Waals surface area contributed by atoms with Gasteiger partial charge in [-0.15, -0.1) is 0 Å². The van der Waals surface area contributed by atoms with Crippen molar-refractivity contribution in [2.75, 3.05) is 6.54 Å². The lowest BCUT2D eigenvalue weighted by molar-refractivity contribution is -0.151. The number of hydrogen-bond acceptors (Lipinski definition) is 3. The second kappa shape index (κ2) is 3.38. The standard InChI is InChI=1S/C8H9NO4/c1-5-2-6(10)9(4-8(12)13)7(11)3-5/h2H,3-4H2,1H3,(H,12,13). The Kier molecular flexibility index (Phi) is 2.46. The first-order chi connectivity index (χ1) is 6.00. The molecule has 0 atom stereocenters. The number of carbonyl (C=O) groups is 3. The Hall–Kier alpha value is -1.65. The molecule has 0 spiro atoms. The van der Waals surface area contributed by atoms with Crippen LogP contribution < -0.4 is 0 Å². The smallest absolute Gasteiger partial charge is 0.323 e. The Morgan fingerprint density at radius 2 is 2.23 bits per heavy atom. The van der Waals surface area contributed by atoms with Crippen LogP contribution in [0.15, 0.2) is 11.6 Å². The Morgan fingerprint density at radius 1 is 1.62 bits per heavy atom. The molecule has 5 heteroatoms. The van der Waals surface area contributed by atoms with E-state index in [1.807, 2.05) is 0 Å². The van der Waals surface area contributed by atoms with E-state index in [0.717, 1.165) is 4.90 Å². The minimum Gasteiger partial charge on any atom is -0.480 e. The van der Waals surface area contributed by atoms with Crippen molar-refractivity contribution in [2.24, 2.45) is 0 Å². The third-order valence-electron chi connectivity index (χ3n) is 1.66. The normalized spacial score (nSPS) is 17.3. The summed E-state index contributed by atoms with van der Waals surface area (Å²) in [5.41, 5.74) is 0.664. The van der Waals surface area contributed by atoms with Crippen molar-refractivity contribution in [3.8, 4) is 0 Å². The van der Waals surface area contributed by atoms with E-state index in [1.54, 1.807) is 6.92 Å². The summed E-state index contributed by atoms with van der Waals surface area (Å²) in [5, 5.41) is 8.40. The van der Waals surface area contributed by atoms with E-state index < -0.39 is 24.3 Å². The molecule has 0 aromatic rings. The van der Waals surface area contributed by atoms with Gasteiger partial charge in [0.1, 0.15) is 6.54 Å². The average molecular weight is 183 g/mol. The summed E-state index contributed by atoms with van der Waals surface area (Å²) < 4.78 is 0. The first-order valence-corrected chi connectivity index (χ1v) is 3.74. The molecule has 70 valence electrons. The van der Waals surface area contributed by atoms with Crippen LogP contribution in [0.5, 0.6) is 0 Å². The zero-order chi connectivity index (χ0) is 10.0. The number of rotatable bonds is 2. The third-order valence-corrected chi connectivity index (χ3v) is 1.66. The molecule has 5 nitrogen and oxygen atoms in total. The maximum atomic E-state index is 11.2. The highest BCUT2D eigenvalue weighted by Gasteiger charge is 2.26. The van der Waals surface area contributed by atoms with E-state index in [9.17, 15) is 14.4 Å². The van der Waals surface area contributed by atoms with E-state index >= 15 is 0 Å². The van der Waals surface area contributed by atoms with E-state index in [0.29, 0.717) is 5.57 Å². The van der Waals surface area contributed by atoms with E-state index in [1.165, 1.54) is 6.08 Å². The minimum absolute atomic E-state index is 0.124. The number of carboxylic acids is 1. The van der Waals surface area contributed by atoms with E-state index in [4.69, 9.17) is 5.11 Å². The molecule has 0 unspecified atom stereocenters. The van der Waals surface area contributed by atoms with Crippen molar-refractivity contribution in [3.05, 3.63) is 11.6 Å². The van der Waals surface area contributed by atoms with Gasteiger partial charge in [-0.25, -0.2) is 0 Å². The van der Waals surface area contributed by atoms with Gasteiger partial charge in [0.15, 0.2) is 0 Å². The Labute approximate surface area is 74.6 Å². The summed E-state index contributed by atoms with van der Waals surface area (Å²) in [6.07, 6.45) is 1.41. The topological polar surface area (TPSA) is 74.7 Å². The van der Waals surface area contributed by atoms with Gasteiger partial charge in [-0.2, -0.15) is 0 Å². The fourth-order valence-electron chi connectivity index (χ4n) is 1.10. The number of aliphatic carboxylic acids is 1. The van der Waals surface area contributed by atoms with Gasteiger partial charge in [0.05, 0.1) is 0 Å². The maximum absolute atomic E-state index is 11.2. The molecule has 13 heavy (non-hydrogen) atoms. The van der Waals surface area contributed by atoms with Crippen molar-refractivity contribution in [3.63, 3.8) is 0 Å². The zero-order valence-corrected chi connectivity index (χ0v) is 7.11. The largest absolute Gasteiger partial charge is 0.480 e. The van der Waals surface area contributed by atoms with Crippen molar-refractivity contribution >= 4 is 17.8 Å². The van der Waals surface area contributed by atoms with Crippen LogP contribution in [-0.2, 0) is 14.4 Å². The fourth-order valence-corrected chi connectivity index (χ4v) is 1.10. The van der Waals surface area contributed by atoms with Crippen LogP contribution in [0, 0.1) is 0 Å². The highest BCUT2D eigenvalue weighted by atomic mass is 16.4. The zero-order valence-electron chi connectivity index (χ0n) is 7.11. The molecule has 2 amide bonds. The summed E-state index contributed by atoms with van der Waals surface area (Å²) in [6.45, 7) is 1.11. The van der Waals surface area contributed by atoms with Crippen LogP contribution in [0.1, 0.15) is 13.3 Å². The van der Waals surface area contributed by atoms with Gasteiger partial charge in [-0.05, 0) is 6.92 Å². The summed E-state index contributed by atoms with van der Waals surface area (Å²) in [6, 6.07) is 0. The average Bonchev–Trinajstić information content (AvgIpc) is 1.96. The number of amides is 2. The molecular weight excluding hydrogens is 174 g/mol. The summed E-state index contributed by atoms with van der Waals surface area (Å²) >= 11 is 0. The molecule has 1 rings (SSSR count). The maximum Gasteiger partial charge on any atom is 0.323 e. The molecule has 0 bridgehead atoms. The molecule has 1 aliphatic rings. The summed E-state index contributed by atoms with van der Waals surface area (Å²) in [4.78, 5) is 33.3. The van der Waals surface area contributed by atoms with Gasteiger partial charge in [0.2, 0.25) is 5.91 Å². The number of hydrogen-bond donors (Lipinski definition) is 1. The van der Waals surface area contributed by atoms with Crippen LogP contribution in [0.4, 0.5) is 0 Å². The highest BCUT2D eigenvalue weighted by molar-refractivity contribution is 6.06. The first kappa shape index (κ1) is 9.44. The van der Waals surface area contributed by atoms with Gasteiger partial charge >= 0.3 is 5.97 Å². The minimum atomic E-state index is -1.19. The predicted octanol–water partition coefficient (Wildman–Crippen LogP) is -0.224. The molecule has 1 heterocycles. The van der Waals surface area contributed by atoms with Gasteiger partial charge in [-0.1, -0.05) is 5.57 Å². The number of nitrogens with zero attached hydrogens (tertiary/aromatic N) is 1. The molecule has 0 fully saturated rings. The van der Waals surface area contributed by atoms with E-state index in [-0.39, 0.29) is 6.42 Å². The second-order valence-corrected chi connectivity index (χ2v) is 2.88. The summed E-state index contributed by atoms with van der Waals surface area (Å²) in [5.74, 6) is -2.18. The van der Waals surface area contributed by atoms with Gasteiger partial charge in [0.25, 0.3) is 5.91 Å². The van der Waals surface area contributed by atoms with Gasteiger partial charge in [-0.3, -0.25) is 19.3 Å². The number of carboxylic acid groups (broad SMARTS) is 1. The molecule has 1 aliphatic heterocycles. The number of imide groups is 1. The fraction of sp³-hybridized carbons (Fsp3) is 0.375. The van der Waals surface area contributed by atoms with Crippen molar-refractivity contribution in [1.29, 1.82) is 0 Å². The van der Waals surface area contributed by atoms with Gasteiger partial charge in [0, 0.05) is 12.5 Å². The van der Waals surface area contributed by atoms with Crippen LogP contribution >= 0.6 is 0 Å². The quantitative estimate of drug-likeness (QED) is 0.600. The van der Waals surface area contributed by atoms with Crippen molar-refractivity contribution in [2.45, 2.75) is 13.3 Å². The van der Waals surface area contributed by atoms with Crippen molar-refractivity contribution in [1.82, 2.24) is 4.90 Å². The Bertz CT molecular complexity index is 305. The summed E-state index contributed by atoms with van der Waals surface area (Å²) in [7, 11) is 0. The third kappa shape index (κ3) is 2.14. The lowest BCUT2D eigenvalue weighted by atomic mass is 10.1. The molecule has 0 aliphatic carbocycles. The Balaban J connectivity index is 2.81. The van der Waals surface area contributed by atoms with Crippen LogP contribution in [-0.4, -0.2) is 34.3 Å². The lowest BCUT2D eigenvalue weighted by Gasteiger charge is -2.21. The predicted molar refractivity (Wildman–Crippen MR) is 42.7 cm³/mol. The second-order valence-electron chi connectivity index (χ2n) is 2.88. The number of carbonyl (C=O) groups excluding carboxylic acids is 2. The van der Waals surface area contributed by atoms with Crippen LogP contribution in [0.3, 0.4) is 0 Å². The SMILES string of the molecule is CC1=CC(=O)N(CC(=O)O)C(=O)C1. The molecule has 0 radical (unpaired) electrons. The molecule has 0 saturated heterocycles. The molecular formula is C8H9NO4. The van der Waals surface area contributed by atoms with E-state index in [2.05, 4.69) is 0 Å². The molecule has 0 aromatic heterocycles. The monoisotopic (exact) mass is 183 g/mol. The first-order valence-electron chi connectivity index (χ1n) is 3.74. The molecule has 0 saturated carbocycles. The van der Waals surface area contributed by atoms with Gasteiger partial charge < -0.3 is 5.11 Å². The van der Waals surface area contributed by atoms with Crippen LogP contribution in [0.2, 0.25) is 0 Å². The molecule has 1 N–H and O–H groups in total. The molecule has 0 aromatic carbocycles. The Morgan fingerprint density at radius 3 is 2.69 bits per heavy atom.